The zero-order valence-electron chi connectivity index (χ0n) is 14.0. The molecule has 0 saturated carbocycles. The Morgan fingerprint density at radius 1 is 1.15 bits per heavy atom. The standard InChI is InChI=1S/C20H15BrFNO3S/c1-3-12(15(22)4-2)7-10-17(24)23-16-11-27-19(18(16)20(25)26)13-5-8-14(21)9-6-13/h3-11H,1-2H2,(H,23,24)(H,25,26)/b10-7+,15-12-. The van der Waals surface area contributed by atoms with Crippen LogP contribution in [0.25, 0.3) is 10.4 Å². The second-order valence-electron chi connectivity index (χ2n) is 5.20. The first-order valence-corrected chi connectivity index (χ1v) is 9.29. The molecule has 0 saturated heterocycles. The highest BCUT2D eigenvalue weighted by molar-refractivity contribution is 9.10. The van der Waals surface area contributed by atoms with Crippen molar-refractivity contribution in [3.8, 4) is 10.4 Å². The first-order valence-electron chi connectivity index (χ1n) is 7.61. The Morgan fingerprint density at radius 3 is 2.37 bits per heavy atom. The molecule has 2 N–H and O–H groups in total. The Labute approximate surface area is 168 Å². The van der Waals surface area contributed by atoms with Crippen LogP contribution in [0.5, 0.6) is 0 Å². The number of amides is 1. The molecule has 2 aromatic rings. The average Bonchev–Trinajstić information content (AvgIpc) is 3.06. The molecule has 7 heteroatoms. The lowest BCUT2D eigenvalue weighted by Gasteiger charge is -2.05. The van der Waals surface area contributed by atoms with Gasteiger partial charge in [-0.2, -0.15) is 0 Å². The van der Waals surface area contributed by atoms with Crippen LogP contribution < -0.4 is 5.32 Å². The van der Waals surface area contributed by atoms with Crippen LogP contribution in [0.3, 0.4) is 0 Å². The van der Waals surface area contributed by atoms with E-state index in [0.717, 1.165) is 22.2 Å². The number of carbonyl (C=O) groups excluding carboxylic acids is 1. The Bertz CT molecular complexity index is 958. The maximum Gasteiger partial charge on any atom is 0.339 e. The topological polar surface area (TPSA) is 66.4 Å². The number of anilines is 1. The Hall–Kier alpha value is -2.77. The van der Waals surface area contributed by atoms with Crippen molar-refractivity contribution in [1.29, 1.82) is 0 Å². The minimum absolute atomic E-state index is 0.000769. The number of aromatic carboxylic acids is 1. The number of carboxylic acids is 1. The van der Waals surface area contributed by atoms with Gasteiger partial charge in [-0.05, 0) is 29.8 Å². The summed E-state index contributed by atoms with van der Waals surface area (Å²) < 4.78 is 14.4. The molecule has 0 aliphatic rings. The summed E-state index contributed by atoms with van der Waals surface area (Å²) in [6.45, 7) is 6.77. The van der Waals surface area contributed by atoms with Gasteiger partial charge in [0.05, 0.1) is 10.6 Å². The summed E-state index contributed by atoms with van der Waals surface area (Å²) in [7, 11) is 0. The summed E-state index contributed by atoms with van der Waals surface area (Å²) in [6, 6.07) is 7.18. The number of hydrogen-bond acceptors (Lipinski definition) is 3. The first kappa shape index (κ1) is 20.5. The fraction of sp³-hybridized carbons (Fsp3) is 0. The Kier molecular flexibility index (Phi) is 7.04. The van der Waals surface area contributed by atoms with Crippen LogP contribution in [-0.2, 0) is 4.79 Å². The van der Waals surface area contributed by atoms with Crippen molar-refractivity contribution < 1.29 is 19.1 Å². The van der Waals surface area contributed by atoms with Gasteiger partial charge in [0.25, 0.3) is 0 Å². The van der Waals surface area contributed by atoms with Gasteiger partial charge in [-0.3, -0.25) is 4.79 Å². The fourth-order valence-electron chi connectivity index (χ4n) is 2.18. The Morgan fingerprint density at radius 2 is 1.81 bits per heavy atom. The molecule has 1 aromatic carbocycles. The number of allylic oxidation sites excluding steroid dienone is 5. The number of rotatable bonds is 7. The molecule has 0 bridgehead atoms. The molecule has 1 aromatic heterocycles. The van der Waals surface area contributed by atoms with Crippen LogP contribution in [0.1, 0.15) is 10.4 Å². The van der Waals surface area contributed by atoms with Crippen LogP contribution in [0, 0.1) is 0 Å². The molecule has 0 unspecified atom stereocenters. The molecule has 1 amide bonds. The molecule has 27 heavy (non-hydrogen) atoms. The van der Waals surface area contributed by atoms with Crippen molar-refractivity contribution >= 4 is 44.8 Å². The Balaban J connectivity index is 2.30. The van der Waals surface area contributed by atoms with Gasteiger partial charge in [0.15, 0.2) is 0 Å². The molecule has 4 nitrogen and oxygen atoms in total. The highest BCUT2D eigenvalue weighted by Crippen LogP contribution is 2.36. The molecule has 0 atom stereocenters. The summed E-state index contributed by atoms with van der Waals surface area (Å²) >= 11 is 4.54. The summed E-state index contributed by atoms with van der Waals surface area (Å²) in [5, 5.41) is 13.6. The molecule has 0 aliphatic heterocycles. The lowest BCUT2D eigenvalue weighted by atomic mass is 10.1. The number of benzene rings is 1. The van der Waals surface area contributed by atoms with E-state index in [4.69, 9.17) is 0 Å². The lowest BCUT2D eigenvalue weighted by Crippen LogP contribution is -2.11. The molecular formula is C20H15BrFNO3S. The van der Waals surface area contributed by atoms with Crippen LogP contribution >= 0.6 is 27.3 Å². The van der Waals surface area contributed by atoms with Gasteiger partial charge in [-0.1, -0.05) is 47.3 Å². The van der Waals surface area contributed by atoms with E-state index in [9.17, 15) is 19.1 Å². The maximum atomic E-state index is 13.5. The van der Waals surface area contributed by atoms with Gasteiger partial charge in [-0.15, -0.1) is 11.3 Å². The van der Waals surface area contributed by atoms with Crippen LogP contribution in [-0.4, -0.2) is 17.0 Å². The lowest BCUT2D eigenvalue weighted by molar-refractivity contribution is -0.111. The summed E-state index contributed by atoms with van der Waals surface area (Å²) in [5.74, 6) is -2.36. The van der Waals surface area contributed by atoms with Gasteiger partial charge in [0.2, 0.25) is 5.91 Å². The van der Waals surface area contributed by atoms with Crippen molar-refractivity contribution in [1.82, 2.24) is 0 Å². The number of nitrogens with one attached hydrogen (secondary N) is 1. The van der Waals surface area contributed by atoms with Gasteiger partial charge >= 0.3 is 5.97 Å². The third-order valence-electron chi connectivity index (χ3n) is 3.46. The van der Waals surface area contributed by atoms with E-state index in [1.807, 2.05) is 0 Å². The van der Waals surface area contributed by atoms with E-state index in [2.05, 4.69) is 34.4 Å². The van der Waals surface area contributed by atoms with Gasteiger partial charge in [0, 0.05) is 21.5 Å². The summed E-state index contributed by atoms with van der Waals surface area (Å²) in [5.41, 5.74) is 0.996. The van der Waals surface area contributed by atoms with Gasteiger partial charge in [-0.25, -0.2) is 9.18 Å². The average molecular weight is 448 g/mol. The normalized spacial score (nSPS) is 11.8. The van der Waals surface area contributed by atoms with E-state index in [0.29, 0.717) is 4.88 Å². The smallest absolute Gasteiger partial charge is 0.339 e. The third kappa shape index (κ3) is 5.12. The molecule has 138 valence electrons. The van der Waals surface area contributed by atoms with Crippen molar-refractivity contribution in [2.45, 2.75) is 0 Å². The monoisotopic (exact) mass is 447 g/mol. The zero-order chi connectivity index (χ0) is 20.0. The molecule has 0 aliphatic carbocycles. The highest BCUT2D eigenvalue weighted by atomic mass is 79.9. The van der Waals surface area contributed by atoms with Crippen molar-refractivity contribution in [2.75, 3.05) is 5.32 Å². The summed E-state index contributed by atoms with van der Waals surface area (Å²) in [6.07, 6.45) is 4.59. The predicted molar refractivity (Wildman–Crippen MR) is 111 cm³/mol. The largest absolute Gasteiger partial charge is 0.478 e. The van der Waals surface area contributed by atoms with E-state index < -0.39 is 17.7 Å². The molecule has 0 spiro atoms. The maximum absolute atomic E-state index is 13.5. The second kappa shape index (κ2) is 9.25. The quantitative estimate of drug-likeness (QED) is 0.406. The number of thiophene rings is 1. The highest BCUT2D eigenvalue weighted by Gasteiger charge is 2.20. The van der Waals surface area contributed by atoms with Gasteiger partial charge in [0.1, 0.15) is 11.4 Å². The van der Waals surface area contributed by atoms with E-state index in [-0.39, 0.29) is 16.8 Å². The van der Waals surface area contributed by atoms with E-state index in [1.165, 1.54) is 23.5 Å². The van der Waals surface area contributed by atoms with Gasteiger partial charge < -0.3 is 10.4 Å². The molecule has 0 radical (unpaired) electrons. The number of carboxylic acid groups (broad SMARTS) is 1. The van der Waals surface area contributed by atoms with Crippen LogP contribution in [0.2, 0.25) is 0 Å². The summed E-state index contributed by atoms with van der Waals surface area (Å²) in [4.78, 5) is 24.4. The van der Waals surface area contributed by atoms with E-state index >= 15 is 0 Å². The SMILES string of the molecule is C=C/C(F)=C(C=C)/C=C/C(=O)Nc1csc(-c2ccc(Br)cc2)c1C(=O)O. The van der Waals surface area contributed by atoms with Crippen molar-refractivity contribution in [3.63, 3.8) is 0 Å². The van der Waals surface area contributed by atoms with Crippen molar-refractivity contribution in [2.24, 2.45) is 0 Å². The zero-order valence-corrected chi connectivity index (χ0v) is 16.4. The number of hydrogen-bond donors (Lipinski definition) is 2. The van der Waals surface area contributed by atoms with Crippen molar-refractivity contribution in [3.05, 3.63) is 88.5 Å². The molecule has 0 fully saturated rings. The van der Waals surface area contributed by atoms with Crippen LogP contribution in [0.4, 0.5) is 10.1 Å². The second-order valence-corrected chi connectivity index (χ2v) is 6.99. The molecule has 1 heterocycles. The molecular weight excluding hydrogens is 433 g/mol. The first-order chi connectivity index (χ1) is 12.9. The van der Waals surface area contributed by atoms with E-state index in [1.54, 1.807) is 29.6 Å². The minimum atomic E-state index is -1.15. The number of carbonyl (C=O) groups is 2. The molecule has 2 rings (SSSR count). The minimum Gasteiger partial charge on any atom is -0.478 e. The number of halogens is 2. The predicted octanol–water partition coefficient (Wildman–Crippen LogP) is 5.97. The van der Waals surface area contributed by atoms with Crippen LogP contribution in [0.15, 0.2) is 83.0 Å². The third-order valence-corrected chi connectivity index (χ3v) is 5.02. The fourth-order valence-corrected chi connectivity index (χ4v) is 3.44.